The molecule has 7 heteroatoms. The number of hydrogen-bond acceptors (Lipinski definition) is 5. The van der Waals surface area contributed by atoms with E-state index in [0.717, 1.165) is 12.8 Å². The number of nitrogens with zero attached hydrogens (tertiary/aromatic N) is 1. The van der Waals surface area contributed by atoms with Crippen molar-refractivity contribution < 1.29 is 23.9 Å². The number of unbranched alkanes of at least 4 members (excludes halogenated alkanes) is 1. The Morgan fingerprint density at radius 2 is 1.84 bits per heavy atom. The summed E-state index contributed by atoms with van der Waals surface area (Å²) in [5.74, 6) is -1.19. The van der Waals surface area contributed by atoms with Gasteiger partial charge in [-0.3, -0.25) is 19.3 Å². The van der Waals surface area contributed by atoms with Crippen LogP contribution in [0.25, 0.3) is 0 Å². The average molecular weight is 429 g/mol. The molecule has 2 fully saturated rings. The Morgan fingerprint density at radius 1 is 1.16 bits per heavy atom. The lowest BCUT2D eigenvalue weighted by Crippen LogP contribution is -2.59. The van der Waals surface area contributed by atoms with Crippen LogP contribution in [0.5, 0.6) is 0 Å². The number of fused-ring (bicyclic) bond motifs is 2. The number of amides is 3. The third kappa shape index (κ3) is 4.23. The van der Waals surface area contributed by atoms with Gasteiger partial charge in [0.2, 0.25) is 17.7 Å². The smallest absolute Gasteiger partial charge is 0.338 e. The van der Waals surface area contributed by atoms with Crippen LogP contribution in [0.2, 0.25) is 0 Å². The number of benzene rings is 1. The van der Waals surface area contributed by atoms with Gasteiger partial charge in [-0.2, -0.15) is 0 Å². The molecule has 168 valence electrons. The normalized spacial score (nSPS) is 24.3. The first-order valence-electron chi connectivity index (χ1n) is 11.0. The Morgan fingerprint density at radius 3 is 2.48 bits per heavy atom. The van der Waals surface area contributed by atoms with Crippen LogP contribution in [0, 0.1) is 16.7 Å². The van der Waals surface area contributed by atoms with Crippen LogP contribution in [-0.4, -0.2) is 41.7 Å². The van der Waals surface area contributed by atoms with E-state index < -0.39 is 5.41 Å². The highest BCUT2D eigenvalue weighted by atomic mass is 16.5. The van der Waals surface area contributed by atoms with Gasteiger partial charge in [0.15, 0.2) is 0 Å². The summed E-state index contributed by atoms with van der Waals surface area (Å²) in [5.41, 5.74) is 0.0349. The van der Waals surface area contributed by atoms with E-state index in [9.17, 15) is 19.2 Å². The zero-order valence-corrected chi connectivity index (χ0v) is 18.8. The van der Waals surface area contributed by atoms with Gasteiger partial charge in [-0.25, -0.2) is 4.79 Å². The van der Waals surface area contributed by atoms with Crippen LogP contribution in [0.1, 0.15) is 70.2 Å². The number of carbonyl (C=O) groups is 4. The van der Waals surface area contributed by atoms with Crippen molar-refractivity contribution in [3.8, 4) is 0 Å². The molecule has 3 amide bonds. The molecule has 1 aliphatic heterocycles. The fourth-order valence-electron chi connectivity index (χ4n) is 4.63. The molecule has 2 atom stereocenters. The number of rotatable bonds is 8. The van der Waals surface area contributed by atoms with E-state index in [1.165, 1.54) is 4.90 Å². The van der Waals surface area contributed by atoms with E-state index in [4.69, 9.17) is 4.74 Å². The zero-order valence-electron chi connectivity index (χ0n) is 18.8. The van der Waals surface area contributed by atoms with Crippen LogP contribution in [0.4, 0.5) is 5.69 Å². The van der Waals surface area contributed by atoms with Gasteiger partial charge in [-0.15, -0.1) is 0 Å². The topological polar surface area (TPSA) is 92.8 Å². The minimum Gasteiger partial charge on any atom is -0.462 e. The molecule has 2 unspecified atom stereocenters. The van der Waals surface area contributed by atoms with Crippen LogP contribution in [0.15, 0.2) is 24.3 Å². The molecule has 2 bridgehead atoms. The number of likely N-dealkylation sites (tertiary alicyclic amines) is 1. The fourth-order valence-corrected chi connectivity index (χ4v) is 4.63. The molecule has 1 aromatic rings. The Labute approximate surface area is 183 Å². The second-order valence-corrected chi connectivity index (χ2v) is 9.31. The van der Waals surface area contributed by atoms with Gasteiger partial charge in [-0.05, 0) is 48.9 Å². The van der Waals surface area contributed by atoms with Crippen LogP contribution < -0.4 is 5.32 Å². The molecule has 1 N–H and O–H groups in total. The van der Waals surface area contributed by atoms with Gasteiger partial charge in [0, 0.05) is 24.6 Å². The maximum absolute atomic E-state index is 13.0. The van der Waals surface area contributed by atoms with E-state index in [0.29, 0.717) is 30.7 Å². The summed E-state index contributed by atoms with van der Waals surface area (Å²) in [7, 11) is 0. The number of hydrogen-bond donors (Lipinski definition) is 1. The fraction of sp³-hybridized carbons (Fsp3) is 0.583. The van der Waals surface area contributed by atoms with Crippen molar-refractivity contribution in [3.63, 3.8) is 0 Å². The second-order valence-electron chi connectivity index (χ2n) is 9.31. The maximum Gasteiger partial charge on any atom is 0.338 e. The molecule has 1 aromatic carbocycles. The lowest BCUT2D eigenvalue weighted by Gasteiger charge is -2.47. The minimum atomic E-state index is -0.566. The number of esters is 1. The number of ether oxygens (including phenoxy) is 1. The summed E-state index contributed by atoms with van der Waals surface area (Å²) < 4.78 is 5.16. The van der Waals surface area contributed by atoms with E-state index >= 15 is 0 Å². The summed E-state index contributed by atoms with van der Waals surface area (Å²) in [5, 5.41) is 2.75. The average Bonchev–Trinajstić information content (AvgIpc) is 2.92. The third-order valence-corrected chi connectivity index (χ3v) is 7.21. The van der Waals surface area contributed by atoms with Gasteiger partial charge in [0.05, 0.1) is 17.6 Å². The summed E-state index contributed by atoms with van der Waals surface area (Å²) in [6.45, 7) is 8.41. The van der Waals surface area contributed by atoms with E-state index in [-0.39, 0.29) is 48.0 Å². The number of nitrogens with one attached hydrogen (secondary N) is 1. The standard InChI is InChI=1S/C24H32N2O5/c1-5-6-15-31-21(29)16-7-9-17(10-8-16)25-19(27)12-14-26-20(28)18-11-13-24(4,22(26)30)23(18,2)3/h7-10,18H,5-6,11-15H2,1-4H3,(H,25,27). The number of imide groups is 1. The highest BCUT2D eigenvalue weighted by Crippen LogP contribution is 2.60. The van der Waals surface area contributed by atoms with Crippen molar-refractivity contribution in [1.82, 2.24) is 4.90 Å². The first kappa shape index (κ1) is 23.0. The largest absolute Gasteiger partial charge is 0.462 e. The Bertz CT molecular complexity index is 876. The molecule has 0 aromatic heterocycles. The molecule has 7 nitrogen and oxygen atoms in total. The van der Waals surface area contributed by atoms with Gasteiger partial charge in [0.25, 0.3) is 0 Å². The van der Waals surface area contributed by atoms with Crippen LogP contribution in [-0.2, 0) is 19.1 Å². The summed E-state index contributed by atoms with van der Waals surface area (Å²) >= 11 is 0. The Hall–Kier alpha value is -2.70. The van der Waals surface area contributed by atoms with Crippen molar-refractivity contribution in [3.05, 3.63) is 29.8 Å². The summed E-state index contributed by atoms with van der Waals surface area (Å²) in [6.07, 6.45) is 3.21. The van der Waals surface area contributed by atoms with E-state index in [1.807, 2.05) is 27.7 Å². The summed E-state index contributed by atoms with van der Waals surface area (Å²) in [4.78, 5) is 51.5. The SMILES string of the molecule is CCCCOC(=O)c1ccc(NC(=O)CCN2C(=O)C3CCC(C)(C2=O)C3(C)C)cc1. The molecule has 3 rings (SSSR count). The number of anilines is 1. The first-order valence-corrected chi connectivity index (χ1v) is 11.0. The molecular weight excluding hydrogens is 396 g/mol. The predicted octanol–water partition coefficient (Wildman–Crippen LogP) is 3.78. The molecule has 1 saturated carbocycles. The maximum atomic E-state index is 13.0. The van der Waals surface area contributed by atoms with E-state index in [2.05, 4.69) is 5.32 Å². The zero-order chi connectivity index (χ0) is 22.8. The van der Waals surface area contributed by atoms with Crippen molar-refractivity contribution in [1.29, 1.82) is 0 Å². The lowest BCUT2D eigenvalue weighted by molar-refractivity contribution is -0.167. The summed E-state index contributed by atoms with van der Waals surface area (Å²) in [6, 6.07) is 6.47. The van der Waals surface area contributed by atoms with Gasteiger partial charge in [0.1, 0.15) is 0 Å². The van der Waals surface area contributed by atoms with Gasteiger partial charge < -0.3 is 10.1 Å². The highest BCUT2D eigenvalue weighted by molar-refractivity contribution is 6.04. The quantitative estimate of drug-likeness (QED) is 0.386. The molecule has 1 aliphatic carbocycles. The van der Waals surface area contributed by atoms with Crippen molar-refractivity contribution in [2.45, 2.75) is 59.8 Å². The van der Waals surface area contributed by atoms with Crippen LogP contribution in [0.3, 0.4) is 0 Å². The highest BCUT2D eigenvalue weighted by Gasteiger charge is 2.64. The molecule has 2 aliphatic rings. The molecule has 0 radical (unpaired) electrons. The third-order valence-electron chi connectivity index (χ3n) is 7.21. The number of carbonyl (C=O) groups excluding carboxylic acids is 4. The number of piperidine rings is 1. The Balaban J connectivity index is 1.54. The van der Waals surface area contributed by atoms with Crippen LogP contribution >= 0.6 is 0 Å². The van der Waals surface area contributed by atoms with Gasteiger partial charge in [-0.1, -0.05) is 34.1 Å². The van der Waals surface area contributed by atoms with Gasteiger partial charge >= 0.3 is 5.97 Å². The lowest BCUT2D eigenvalue weighted by atomic mass is 9.62. The minimum absolute atomic E-state index is 0.0293. The van der Waals surface area contributed by atoms with Crippen molar-refractivity contribution in [2.75, 3.05) is 18.5 Å². The molecule has 1 heterocycles. The second kappa shape index (κ2) is 8.81. The Kier molecular flexibility index (Phi) is 6.53. The molecule has 1 saturated heterocycles. The van der Waals surface area contributed by atoms with E-state index in [1.54, 1.807) is 24.3 Å². The predicted molar refractivity (Wildman–Crippen MR) is 116 cm³/mol. The van der Waals surface area contributed by atoms with Crippen molar-refractivity contribution >= 4 is 29.4 Å². The monoisotopic (exact) mass is 428 g/mol. The molecule has 0 spiro atoms. The molecule has 31 heavy (non-hydrogen) atoms. The molecular formula is C24H32N2O5. The van der Waals surface area contributed by atoms with Crippen molar-refractivity contribution in [2.24, 2.45) is 16.7 Å². The first-order chi connectivity index (χ1) is 14.6.